The summed E-state index contributed by atoms with van der Waals surface area (Å²) < 4.78 is 5.17. The number of methoxy groups -OCH3 is 1. The molecule has 0 aliphatic rings. The monoisotopic (exact) mass is 334 g/mol. The molecule has 0 aliphatic carbocycles. The molecule has 0 saturated carbocycles. The summed E-state index contributed by atoms with van der Waals surface area (Å²) in [6.07, 6.45) is 1.52. The average Bonchev–Trinajstić information content (AvgIpc) is 2.63. The highest BCUT2D eigenvalue weighted by molar-refractivity contribution is 5.88. The number of carbonyl (C=O) groups excluding carboxylic acids is 1. The number of rotatable bonds is 5. The van der Waals surface area contributed by atoms with Crippen molar-refractivity contribution in [2.24, 2.45) is 0 Å². The molecule has 0 radical (unpaired) electrons. The second kappa shape index (κ2) is 7.44. The van der Waals surface area contributed by atoms with Crippen molar-refractivity contribution in [3.8, 4) is 17.0 Å². The van der Waals surface area contributed by atoms with Crippen molar-refractivity contribution in [3.63, 3.8) is 0 Å². The standard InChI is InChI=1S/C19H18N4O2/c1-13(24)22-15-5-7-16(8-6-15)23-19-11-18(20-12-21-19)14-3-9-17(25-2)10-4-14/h3-12H,1-2H3,(H,22,24)(H,20,21,23). The summed E-state index contributed by atoms with van der Waals surface area (Å²) in [5.41, 5.74) is 3.41. The third kappa shape index (κ3) is 4.32. The number of nitrogens with one attached hydrogen (secondary N) is 2. The van der Waals surface area contributed by atoms with Crippen molar-refractivity contribution >= 4 is 23.1 Å². The number of hydrogen-bond donors (Lipinski definition) is 2. The van der Waals surface area contributed by atoms with Gasteiger partial charge < -0.3 is 15.4 Å². The van der Waals surface area contributed by atoms with E-state index in [9.17, 15) is 4.79 Å². The van der Waals surface area contributed by atoms with E-state index in [1.54, 1.807) is 7.11 Å². The maximum absolute atomic E-state index is 11.1. The summed E-state index contributed by atoms with van der Waals surface area (Å²) in [5.74, 6) is 1.39. The summed E-state index contributed by atoms with van der Waals surface area (Å²) in [6.45, 7) is 1.48. The van der Waals surface area contributed by atoms with Crippen LogP contribution in [0.4, 0.5) is 17.2 Å². The highest BCUT2D eigenvalue weighted by Gasteiger charge is 2.04. The third-order valence-corrected chi connectivity index (χ3v) is 3.53. The molecule has 2 aromatic carbocycles. The van der Waals surface area contributed by atoms with E-state index in [0.29, 0.717) is 5.82 Å². The maximum atomic E-state index is 11.1. The van der Waals surface area contributed by atoms with E-state index < -0.39 is 0 Å². The predicted octanol–water partition coefficient (Wildman–Crippen LogP) is 3.85. The van der Waals surface area contributed by atoms with Crippen LogP contribution in [0.25, 0.3) is 11.3 Å². The number of benzene rings is 2. The molecule has 0 atom stereocenters. The first kappa shape index (κ1) is 16.4. The minimum Gasteiger partial charge on any atom is -0.497 e. The van der Waals surface area contributed by atoms with Crippen molar-refractivity contribution in [1.82, 2.24) is 9.97 Å². The lowest BCUT2D eigenvalue weighted by atomic mass is 10.1. The molecule has 0 bridgehead atoms. The summed E-state index contributed by atoms with van der Waals surface area (Å²) in [7, 11) is 1.64. The molecule has 126 valence electrons. The Morgan fingerprint density at radius 2 is 1.64 bits per heavy atom. The topological polar surface area (TPSA) is 76.1 Å². The van der Waals surface area contributed by atoms with Gasteiger partial charge in [0, 0.05) is 29.9 Å². The van der Waals surface area contributed by atoms with Crippen molar-refractivity contribution in [1.29, 1.82) is 0 Å². The van der Waals surface area contributed by atoms with Gasteiger partial charge in [-0.15, -0.1) is 0 Å². The summed E-state index contributed by atoms with van der Waals surface area (Å²) >= 11 is 0. The smallest absolute Gasteiger partial charge is 0.221 e. The lowest BCUT2D eigenvalue weighted by Crippen LogP contribution is -2.05. The molecule has 3 rings (SSSR count). The zero-order valence-electron chi connectivity index (χ0n) is 14.0. The Bertz CT molecular complexity index is 861. The van der Waals surface area contributed by atoms with Gasteiger partial charge in [-0.25, -0.2) is 9.97 Å². The van der Waals surface area contributed by atoms with Crippen LogP contribution in [0.3, 0.4) is 0 Å². The molecule has 1 aromatic heterocycles. The van der Waals surface area contributed by atoms with Crippen LogP contribution >= 0.6 is 0 Å². The second-order valence-electron chi connectivity index (χ2n) is 5.40. The molecule has 6 heteroatoms. The predicted molar refractivity (Wildman–Crippen MR) is 98.0 cm³/mol. The van der Waals surface area contributed by atoms with Crippen LogP contribution in [0, 0.1) is 0 Å². The molecular weight excluding hydrogens is 316 g/mol. The van der Waals surface area contributed by atoms with Gasteiger partial charge in [-0.3, -0.25) is 4.79 Å². The number of nitrogens with zero attached hydrogens (tertiary/aromatic N) is 2. The van der Waals surface area contributed by atoms with E-state index in [2.05, 4.69) is 20.6 Å². The summed E-state index contributed by atoms with van der Waals surface area (Å²) in [4.78, 5) is 19.6. The van der Waals surface area contributed by atoms with E-state index in [4.69, 9.17) is 4.74 Å². The molecule has 0 fully saturated rings. The lowest BCUT2D eigenvalue weighted by Gasteiger charge is -2.09. The van der Waals surface area contributed by atoms with Crippen LogP contribution in [0.2, 0.25) is 0 Å². The van der Waals surface area contributed by atoms with Gasteiger partial charge in [-0.2, -0.15) is 0 Å². The average molecular weight is 334 g/mol. The second-order valence-corrected chi connectivity index (χ2v) is 5.40. The van der Waals surface area contributed by atoms with Gasteiger partial charge in [0.05, 0.1) is 12.8 Å². The van der Waals surface area contributed by atoms with Gasteiger partial charge in [0.15, 0.2) is 0 Å². The highest BCUT2D eigenvalue weighted by atomic mass is 16.5. The minimum absolute atomic E-state index is 0.0966. The van der Waals surface area contributed by atoms with Crippen LogP contribution in [-0.4, -0.2) is 23.0 Å². The number of aromatic nitrogens is 2. The molecule has 0 unspecified atom stereocenters. The Morgan fingerprint density at radius 1 is 0.960 bits per heavy atom. The molecule has 0 saturated heterocycles. The normalized spacial score (nSPS) is 10.2. The molecule has 1 amide bonds. The number of anilines is 3. The van der Waals surface area contributed by atoms with Crippen LogP contribution < -0.4 is 15.4 Å². The SMILES string of the molecule is COc1ccc(-c2cc(Nc3ccc(NC(C)=O)cc3)ncn2)cc1. The van der Waals surface area contributed by atoms with Crippen molar-refractivity contribution in [2.75, 3.05) is 17.7 Å². The third-order valence-electron chi connectivity index (χ3n) is 3.53. The Labute approximate surface area is 145 Å². The van der Waals surface area contributed by atoms with Crippen molar-refractivity contribution in [3.05, 3.63) is 60.9 Å². The molecule has 3 aromatic rings. The number of carbonyl (C=O) groups is 1. The lowest BCUT2D eigenvalue weighted by molar-refractivity contribution is -0.114. The first-order valence-electron chi connectivity index (χ1n) is 7.75. The van der Waals surface area contributed by atoms with Crippen LogP contribution in [0.15, 0.2) is 60.9 Å². The zero-order valence-corrected chi connectivity index (χ0v) is 14.0. The molecule has 0 spiro atoms. The van der Waals surface area contributed by atoms with E-state index >= 15 is 0 Å². The summed E-state index contributed by atoms with van der Waals surface area (Å²) in [6, 6.07) is 17.0. The molecule has 25 heavy (non-hydrogen) atoms. The number of amides is 1. The fourth-order valence-corrected chi connectivity index (χ4v) is 2.33. The van der Waals surface area contributed by atoms with E-state index in [-0.39, 0.29) is 5.91 Å². The molecular formula is C19H18N4O2. The first-order chi connectivity index (χ1) is 12.1. The maximum Gasteiger partial charge on any atom is 0.221 e. The molecule has 1 heterocycles. The highest BCUT2D eigenvalue weighted by Crippen LogP contribution is 2.23. The van der Waals surface area contributed by atoms with Gasteiger partial charge in [0.2, 0.25) is 5.91 Å². The van der Waals surface area contributed by atoms with Crippen LogP contribution in [-0.2, 0) is 4.79 Å². The number of hydrogen-bond acceptors (Lipinski definition) is 5. The zero-order chi connectivity index (χ0) is 17.6. The first-order valence-corrected chi connectivity index (χ1v) is 7.75. The fourth-order valence-electron chi connectivity index (χ4n) is 2.33. The Balaban J connectivity index is 1.76. The molecule has 0 aliphatic heterocycles. The van der Waals surface area contributed by atoms with E-state index in [1.807, 2.05) is 54.6 Å². The van der Waals surface area contributed by atoms with Crippen molar-refractivity contribution < 1.29 is 9.53 Å². The van der Waals surface area contributed by atoms with E-state index in [0.717, 1.165) is 28.4 Å². The van der Waals surface area contributed by atoms with Gasteiger partial charge in [0.1, 0.15) is 17.9 Å². The van der Waals surface area contributed by atoms with Crippen molar-refractivity contribution in [2.45, 2.75) is 6.92 Å². The largest absolute Gasteiger partial charge is 0.497 e. The Morgan fingerprint density at radius 3 is 2.28 bits per heavy atom. The van der Waals surface area contributed by atoms with Crippen LogP contribution in [0.5, 0.6) is 5.75 Å². The van der Waals surface area contributed by atoms with Crippen LogP contribution in [0.1, 0.15) is 6.92 Å². The Hall–Kier alpha value is -3.41. The number of ether oxygens (including phenoxy) is 1. The van der Waals surface area contributed by atoms with Gasteiger partial charge in [0.25, 0.3) is 0 Å². The minimum atomic E-state index is -0.0966. The summed E-state index contributed by atoms with van der Waals surface area (Å²) in [5, 5.41) is 5.96. The quantitative estimate of drug-likeness (QED) is 0.741. The fraction of sp³-hybridized carbons (Fsp3) is 0.105. The molecule has 6 nitrogen and oxygen atoms in total. The van der Waals surface area contributed by atoms with E-state index in [1.165, 1.54) is 13.3 Å². The molecule has 2 N–H and O–H groups in total. The van der Waals surface area contributed by atoms with Gasteiger partial charge in [-0.1, -0.05) is 0 Å². The van der Waals surface area contributed by atoms with Gasteiger partial charge in [-0.05, 0) is 48.5 Å². The Kier molecular flexibility index (Phi) is 4.89. The van der Waals surface area contributed by atoms with Gasteiger partial charge >= 0.3 is 0 Å².